The molecule has 0 aliphatic heterocycles. The number of halogens is 1. The molecule has 6 heteroatoms. The van der Waals surface area contributed by atoms with E-state index in [-0.39, 0.29) is 17.8 Å². The quantitative estimate of drug-likeness (QED) is 0.785. The van der Waals surface area contributed by atoms with E-state index in [1.807, 2.05) is 19.1 Å². The molecule has 0 aliphatic rings. The largest absolute Gasteiger partial charge is 0.346 e. The van der Waals surface area contributed by atoms with Crippen molar-refractivity contribution in [2.45, 2.75) is 19.5 Å². The molecular formula is C18H17FN4O. The monoisotopic (exact) mass is 324 g/mol. The Morgan fingerprint density at radius 1 is 1.17 bits per heavy atom. The van der Waals surface area contributed by atoms with Gasteiger partial charge in [0.2, 0.25) is 0 Å². The van der Waals surface area contributed by atoms with Crippen LogP contribution in [0.25, 0.3) is 0 Å². The second-order valence-electron chi connectivity index (χ2n) is 5.54. The van der Waals surface area contributed by atoms with E-state index < -0.39 is 0 Å². The van der Waals surface area contributed by atoms with Crippen molar-refractivity contribution in [2.24, 2.45) is 0 Å². The summed E-state index contributed by atoms with van der Waals surface area (Å²) in [5, 5.41) is 6.96. The molecule has 122 valence electrons. The number of rotatable bonds is 5. The van der Waals surface area contributed by atoms with Crippen molar-refractivity contribution in [2.75, 3.05) is 0 Å². The molecule has 2 aromatic carbocycles. The zero-order chi connectivity index (χ0) is 16.9. The average Bonchev–Trinajstić information content (AvgIpc) is 3.09. The molecule has 1 amide bonds. The number of aromatic nitrogens is 3. The van der Waals surface area contributed by atoms with E-state index in [1.165, 1.54) is 18.5 Å². The van der Waals surface area contributed by atoms with Crippen LogP contribution in [-0.2, 0) is 6.54 Å². The molecule has 5 nitrogen and oxygen atoms in total. The summed E-state index contributed by atoms with van der Waals surface area (Å²) in [5.41, 5.74) is 2.46. The number of amides is 1. The number of benzene rings is 2. The molecule has 1 heterocycles. The average molecular weight is 324 g/mol. The molecule has 0 fully saturated rings. The van der Waals surface area contributed by atoms with Gasteiger partial charge in [0.1, 0.15) is 18.5 Å². The van der Waals surface area contributed by atoms with Gasteiger partial charge in [-0.1, -0.05) is 24.3 Å². The topological polar surface area (TPSA) is 59.8 Å². The molecule has 3 rings (SSSR count). The first-order valence-electron chi connectivity index (χ1n) is 7.59. The summed E-state index contributed by atoms with van der Waals surface area (Å²) in [6.45, 7) is 2.47. The highest BCUT2D eigenvalue weighted by Crippen LogP contribution is 2.14. The van der Waals surface area contributed by atoms with E-state index in [2.05, 4.69) is 15.4 Å². The maximum Gasteiger partial charge on any atom is 0.251 e. The van der Waals surface area contributed by atoms with Gasteiger partial charge in [-0.2, -0.15) is 5.10 Å². The van der Waals surface area contributed by atoms with Crippen LogP contribution in [0, 0.1) is 5.82 Å². The first kappa shape index (κ1) is 15.9. The highest BCUT2D eigenvalue weighted by Gasteiger charge is 2.11. The number of nitrogens with zero attached hydrogens (tertiary/aromatic N) is 3. The van der Waals surface area contributed by atoms with Crippen LogP contribution in [0.1, 0.15) is 34.5 Å². The van der Waals surface area contributed by atoms with Crippen LogP contribution in [0.3, 0.4) is 0 Å². The van der Waals surface area contributed by atoms with Gasteiger partial charge in [-0.25, -0.2) is 14.1 Å². The molecule has 0 saturated carbocycles. The molecule has 1 atom stereocenters. The maximum atomic E-state index is 13.0. The summed E-state index contributed by atoms with van der Waals surface area (Å²) < 4.78 is 14.7. The minimum atomic E-state index is -0.291. The Morgan fingerprint density at radius 2 is 1.88 bits per heavy atom. The highest BCUT2D eigenvalue weighted by molar-refractivity contribution is 5.94. The minimum Gasteiger partial charge on any atom is -0.346 e. The molecule has 0 saturated heterocycles. The van der Waals surface area contributed by atoms with Gasteiger partial charge in [0.25, 0.3) is 5.91 Å². The Morgan fingerprint density at radius 3 is 2.50 bits per heavy atom. The lowest BCUT2D eigenvalue weighted by molar-refractivity contribution is 0.0940. The number of carbonyl (C=O) groups is 1. The van der Waals surface area contributed by atoms with Gasteiger partial charge in [0.15, 0.2) is 0 Å². The number of carbonyl (C=O) groups excluding carboxylic acids is 1. The van der Waals surface area contributed by atoms with Crippen molar-refractivity contribution in [3.63, 3.8) is 0 Å². The highest BCUT2D eigenvalue weighted by atomic mass is 19.1. The summed E-state index contributed by atoms with van der Waals surface area (Å²) in [4.78, 5) is 16.2. The summed E-state index contributed by atoms with van der Waals surface area (Å²) in [7, 11) is 0. The van der Waals surface area contributed by atoms with Crippen LogP contribution in [0.15, 0.2) is 61.2 Å². The summed E-state index contributed by atoms with van der Waals surface area (Å²) in [5.74, 6) is -0.459. The van der Waals surface area contributed by atoms with Gasteiger partial charge in [0, 0.05) is 5.56 Å². The van der Waals surface area contributed by atoms with Gasteiger partial charge in [-0.05, 0) is 42.3 Å². The summed E-state index contributed by atoms with van der Waals surface area (Å²) in [6.07, 6.45) is 3.13. The van der Waals surface area contributed by atoms with Crippen LogP contribution >= 0.6 is 0 Å². The Labute approximate surface area is 139 Å². The first-order valence-corrected chi connectivity index (χ1v) is 7.59. The predicted molar refractivity (Wildman–Crippen MR) is 87.8 cm³/mol. The van der Waals surface area contributed by atoms with Crippen LogP contribution in [0.2, 0.25) is 0 Å². The van der Waals surface area contributed by atoms with E-state index in [4.69, 9.17) is 0 Å². The lowest BCUT2D eigenvalue weighted by Gasteiger charge is -2.14. The third-order valence-electron chi connectivity index (χ3n) is 3.74. The Kier molecular flexibility index (Phi) is 4.65. The van der Waals surface area contributed by atoms with Crippen LogP contribution in [-0.4, -0.2) is 20.7 Å². The van der Waals surface area contributed by atoms with Gasteiger partial charge >= 0.3 is 0 Å². The molecule has 0 spiro atoms. The fourth-order valence-electron chi connectivity index (χ4n) is 2.38. The SMILES string of the molecule is C[C@@H](NC(=O)c1ccc(Cn2cncn2)cc1)c1ccc(F)cc1. The van der Waals surface area contributed by atoms with Crippen molar-refractivity contribution in [3.05, 3.63) is 83.7 Å². The lowest BCUT2D eigenvalue weighted by atomic mass is 10.1. The van der Waals surface area contributed by atoms with Crippen molar-refractivity contribution >= 4 is 5.91 Å². The number of nitrogens with one attached hydrogen (secondary N) is 1. The van der Waals surface area contributed by atoms with Gasteiger partial charge in [-0.15, -0.1) is 0 Å². The minimum absolute atomic E-state index is 0.167. The second-order valence-corrected chi connectivity index (χ2v) is 5.54. The molecular weight excluding hydrogens is 307 g/mol. The summed E-state index contributed by atoms with van der Waals surface area (Å²) >= 11 is 0. The smallest absolute Gasteiger partial charge is 0.251 e. The van der Waals surface area contributed by atoms with Crippen molar-refractivity contribution in [1.29, 1.82) is 0 Å². The zero-order valence-electron chi connectivity index (χ0n) is 13.2. The van der Waals surface area contributed by atoms with Gasteiger partial charge in [-0.3, -0.25) is 4.79 Å². The molecule has 1 N–H and O–H groups in total. The van der Waals surface area contributed by atoms with Crippen LogP contribution in [0.4, 0.5) is 4.39 Å². The van der Waals surface area contributed by atoms with E-state index in [0.29, 0.717) is 12.1 Å². The van der Waals surface area contributed by atoms with Crippen LogP contribution < -0.4 is 5.32 Å². The van der Waals surface area contributed by atoms with E-state index in [1.54, 1.807) is 35.3 Å². The van der Waals surface area contributed by atoms with Gasteiger partial charge in [0.05, 0.1) is 12.6 Å². The number of hydrogen-bond acceptors (Lipinski definition) is 3. The third-order valence-corrected chi connectivity index (χ3v) is 3.74. The standard InChI is InChI=1S/C18H17FN4O/c1-13(15-6-8-17(19)9-7-15)22-18(24)16-4-2-14(3-5-16)10-23-12-20-11-21-23/h2-9,11-13H,10H2,1H3,(H,22,24)/t13-/m1/s1. The van der Waals surface area contributed by atoms with E-state index in [0.717, 1.165) is 11.1 Å². The fraction of sp³-hybridized carbons (Fsp3) is 0.167. The second kappa shape index (κ2) is 7.04. The molecule has 0 radical (unpaired) electrons. The molecule has 3 aromatic rings. The zero-order valence-corrected chi connectivity index (χ0v) is 13.2. The van der Waals surface area contributed by atoms with Gasteiger partial charge < -0.3 is 5.32 Å². The first-order chi connectivity index (χ1) is 11.6. The molecule has 1 aromatic heterocycles. The predicted octanol–water partition coefficient (Wildman–Crippen LogP) is 2.96. The third kappa shape index (κ3) is 3.84. The van der Waals surface area contributed by atoms with Crippen molar-refractivity contribution in [3.8, 4) is 0 Å². The van der Waals surface area contributed by atoms with Crippen molar-refractivity contribution in [1.82, 2.24) is 20.1 Å². The molecule has 0 bridgehead atoms. The number of hydrogen-bond donors (Lipinski definition) is 1. The Balaban J connectivity index is 1.63. The van der Waals surface area contributed by atoms with Crippen molar-refractivity contribution < 1.29 is 9.18 Å². The lowest BCUT2D eigenvalue weighted by Crippen LogP contribution is -2.26. The Hall–Kier alpha value is -3.02. The maximum absolute atomic E-state index is 13.0. The molecule has 24 heavy (non-hydrogen) atoms. The fourth-order valence-corrected chi connectivity index (χ4v) is 2.38. The van der Waals surface area contributed by atoms with Crippen LogP contribution in [0.5, 0.6) is 0 Å². The normalized spacial score (nSPS) is 11.9. The summed E-state index contributed by atoms with van der Waals surface area (Å²) in [6, 6.07) is 13.2. The van der Waals surface area contributed by atoms with E-state index >= 15 is 0 Å². The Bertz CT molecular complexity index is 798. The van der Waals surface area contributed by atoms with E-state index in [9.17, 15) is 9.18 Å². The molecule has 0 aliphatic carbocycles. The molecule has 0 unspecified atom stereocenters.